The van der Waals surface area contributed by atoms with Crippen LogP contribution in [0.4, 0.5) is 14.0 Å². The predicted octanol–water partition coefficient (Wildman–Crippen LogP) is 1.96. The highest BCUT2D eigenvalue weighted by atomic mass is 19.1. The van der Waals surface area contributed by atoms with Gasteiger partial charge in [0.1, 0.15) is 25.4 Å². The van der Waals surface area contributed by atoms with Crippen molar-refractivity contribution in [2.24, 2.45) is 5.92 Å². The molecule has 0 radical (unpaired) electrons. The quantitative estimate of drug-likeness (QED) is 0.534. The molecule has 10 heteroatoms. The molecule has 9 nitrogen and oxygen atoms in total. The SMILES string of the molecule is CC(C)C[C@H](NC(=O)OCc1ccccc1)C(=O)NC(CN(C)C(=O)N(C)C)C(=O)CF. The van der Waals surface area contributed by atoms with Gasteiger partial charge in [0.2, 0.25) is 5.91 Å². The number of likely N-dealkylation sites (N-methyl/N-ethyl adjacent to an activating group) is 1. The van der Waals surface area contributed by atoms with E-state index < -0.39 is 42.6 Å². The third-order valence-electron chi connectivity index (χ3n) is 4.53. The lowest BCUT2D eigenvalue weighted by molar-refractivity contribution is -0.129. The largest absolute Gasteiger partial charge is 0.445 e. The highest BCUT2D eigenvalue weighted by Crippen LogP contribution is 2.08. The number of nitrogens with one attached hydrogen (secondary N) is 2. The molecule has 1 unspecified atom stereocenters. The van der Waals surface area contributed by atoms with E-state index in [9.17, 15) is 23.6 Å². The standard InChI is InChI=1S/C22H33FN4O5/c1-15(2)11-17(25-21(30)32-14-16-9-7-6-8-10-16)20(29)24-18(19(28)12-23)13-27(5)22(31)26(3)4/h6-10,15,17-18H,11-14H2,1-5H3,(H,24,29)(H,25,30)/t17-,18?/m0/s1. The Hall–Kier alpha value is -3.17. The molecule has 0 bridgehead atoms. The Kier molecular flexibility index (Phi) is 11.2. The minimum absolute atomic E-state index is 0.0308. The number of ketones is 1. The van der Waals surface area contributed by atoms with Gasteiger partial charge in [-0.25, -0.2) is 14.0 Å². The fourth-order valence-corrected chi connectivity index (χ4v) is 2.90. The highest BCUT2D eigenvalue weighted by molar-refractivity contribution is 5.93. The number of carbonyl (C=O) groups is 4. The number of rotatable bonds is 11. The number of carbonyl (C=O) groups excluding carboxylic acids is 4. The first kappa shape index (κ1) is 26.9. The van der Waals surface area contributed by atoms with Crippen LogP contribution in [-0.2, 0) is 20.9 Å². The Balaban J connectivity index is 2.82. The first-order chi connectivity index (χ1) is 15.0. The van der Waals surface area contributed by atoms with Crippen LogP contribution in [0.5, 0.6) is 0 Å². The lowest BCUT2D eigenvalue weighted by Crippen LogP contribution is -2.56. The third-order valence-corrected chi connectivity index (χ3v) is 4.53. The molecule has 1 aromatic carbocycles. The normalized spacial score (nSPS) is 12.5. The van der Waals surface area contributed by atoms with E-state index in [0.29, 0.717) is 0 Å². The lowest BCUT2D eigenvalue weighted by atomic mass is 10.0. The van der Waals surface area contributed by atoms with Crippen molar-refractivity contribution < 1.29 is 28.3 Å². The average molecular weight is 453 g/mol. The zero-order valence-electron chi connectivity index (χ0n) is 19.3. The Morgan fingerprint density at radius 3 is 2.16 bits per heavy atom. The Bertz CT molecular complexity index is 773. The van der Waals surface area contributed by atoms with E-state index in [4.69, 9.17) is 4.74 Å². The van der Waals surface area contributed by atoms with Crippen molar-refractivity contribution in [1.82, 2.24) is 20.4 Å². The topological polar surface area (TPSA) is 108 Å². The monoisotopic (exact) mass is 452 g/mol. The zero-order valence-corrected chi connectivity index (χ0v) is 19.3. The number of alkyl carbamates (subject to hydrolysis) is 1. The Labute approximate surface area is 188 Å². The van der Waals surface area contributed by atoms with Crippen LogP contribution in [0.15, 0.2) is 30.3 Å². The van der Waals surface area contributed by atoms with Gasteiger partial charge in [0.15, 0.2) is 5.78 Å². The summed E-state index contributed by atoms with van der Waals surface area (Å²) >= 11 is 0. The molecule has 0 aliphatic heterocycles. The molecule has 0 aliphatic rings. The molecule has 0 fully saturated rings. The average Bonchev–Trinajstić information content (AvgIpc) is 2.75. The van der Waals surface area contributed by atoms with E-state index in [2.05, 4.69) is 10.6 Å². The van der Waals surface area contributed by atoms with Crippen LogP contribution in [-0.4, -0.2) is 80.1 Å². The van der Waals surface area contributed by atoms with Gasteiger partial charge in [-0.3, -0.25) is 9.59 Å². The van der Waals surface area contributed by atoms with Gasteiger partial charge in [-0.1, -0.05) is 44.2 Å². The van der Waals surface area contributed by atoms with Crippen molar-refractivity contribution in [2.45, 2.75) is 39.0 Å². The Morgan fingerprint density at radius 2 is 1.62 bits per heavy atom. The molecule has 2 atom stereocenters. The molecule has 4 amide bonds. The predicted molar refractivity (Wildman–Crippen MR) is 118 cm³/mol. The summed E-state index contributed by atoms with van der Waals surface area (Å²) in [5.41, 5.74) is 0.787. The van der Waals surface area contributed by atoms with Crippen molar-refractivity contribution in [3.05, 3.63) is 35.9 Å². The van der Waals surface area contributed by atoms with Crippen LogP contribution in [0, 0.1) is 5.92 Å². The zero-order chi connectivity index (χ0) is 24.3. The van der Waals surface area contributed by atoms with Crippen molar-refractivity contribution in [2.75, 3.05) is 34.4 Å². The number of halogens is 1. The molecule has 1 aromatic rings. The maximum Gasteiger partial charge on any atom is 0.408 e. The second kappa shape index (κ2) is 13.3. The van der Waals surface area contributed by atoms with Crippen LogP contribution in [0.25, 0.3) is 0 Å². The summed E-state index contributed by atoms with van der Waals surface area (Å²) in [5.74, 6) is -1.49. The van der Waals surface area contributed by atoms with Gasteiger partial charge >= 0.3 is 12.1 Å². The highest BCUT2D eigenvalue weighted by Gasteiger charge is 2.29. The summed E-state index contributed by atoms with van der Waals surface area (Å²) in [5, 5.41) is 4.97. The Morgan fingerprint density at radius 1 is 1.00 bits per heavy atom. The molecule has 0 spiro atoms. The van der Waals surface area contributed by atoms with Crippen LogP contribution in [0.1, 0.15) is 25.8 Å². The van der Waals surface area contributed by atoms with E-state index >= 15 is 0 Å². The molecular weight excluding hydrogens is 419 g/mol. The van der Waals surface area contributed by atoms with Gasteiger partial charge in [0.25, 0.3) is 0 Å². The molecule has 32 heavy (non-hydrogen) atoms. The second-order valence-corrected chi connectivity index (χ2v) is 8.11. The summed E-state index contributed by atoms with van der Waals surface area (Å²) in [6.45, 7) is 2.26. The van der Waals surface area contributed by atoms with E-state index in [-0.39, 0.29) is 25.5 Å². The number of urea groups is 1. The molecule has 0 aromatic heterocycles. The van der Waals surface area contributed by atoms with E-state index in [1.165, 1.54) is 30.9 Å². The van der Waals surface area contributed by atoms with Crippen LogP contribution >= 0.6 is 0 Å². The fourth-order valence-electron chi connectivity index (χ4n) is 2.90. The summed E-state index contributed by atoms with van der Waals surface area (Å²) in [7, 11) is 4.51. The number of hydrogen-bond donors (Lipinski definition) is 2. The number of alkyl halides is 1. The lowest BCUT2D eigenvalue weighted by Gasteiger charge is -2.28. The van der Waals surface area contributed by atoms with Gasteiger partial charge in [-0.05, 0) is 17.9 Å². The first-order valence-electron chi connectivity index (χ1n) is 10.3. The molecule has 0 saturated carbocycles. The van der Waals surface area contributed by atoms with Crippen LogP contribution in [0.3, 0.4) is 0 Å². The number of amides is 4. The minimum Gasteiger partial charge on any atom is -0.445 e. The number of ether oxygens (including phenoxy) is 1. The fraction of sp³-hybridized carbons (Fsp3) is 0.545. The number of hydrogen-bond acceptors (Lipinski definition) is 5. The summed E-state index contributed by atoms with van der Waals surface area (Å²) < 4.78 is 18.2. The van der Waals surface area contributed by atoms with E-state index in [1.54, 1.807) is 12.1 Å². The van der Waals surface area contributed by atoms with Gasteiger partial charge < -0.3 is 25.2 Å². The van der Waals surface area contributed by atoms with Gasteiger partial charge in [-0.2, -0.15) is 0 Å². The molecule has 0 saturated heterocycles. The van der Waals surface area contributed by atoms with E-state index in [0.717, 1.165) is 5.56 Å². The van der Waals surface area contributed by atoms with Crippen LogP contribution in [0.2, 0.25) is 0 Å². The maximum atomic E-state index is 13.1. The summed E-state index contributed by atoms with van der Waals surface area (Å²) in [4.78, 5) is 51.7. The molecule has 178 valence electrons. The third kappa shape index (κ3) is 9.32. The van der Waals surface area contributed by atoms with Gasteiger partial charge in [0.05, 0.1) is 0 Å². The van der Waals surface area contributed by atoms with Crippen molar-refractivity contribution in [1.29, 1.82) is 0 Å². The molecule has 0 heterocycles. The van der Waals surface area contributed by atoms with Crippen LogP contribution < -0.4 is 10.6 Å². The molecular formula is C22H33FN4O5. The first-order valence-corrected chi connectivity index (χ1v) is 10.3. The summed E-state index contributed by atoms with van der Waals surface area (Å²) in [6, 6.07) is 6.40. The molecule has 1 rings (SSSR count). The molecule has 0 aliphatic carbocycles. The smallest absolute Gasteiger partial charge is 0.408 e. The van der Waals surface area contributed by atoms with E-state index in [1.807, 2.05) is 32.0 Å². The number of nitrogens with zero attached hydrogens (tertiary/aromatic N) is 2. The van der Waals surface area contributed by atoms with Crippen molar-refractivity contribution in [3.8, 4) is 0 Å². The van der Waals surface area contributed by atoms with Gasteiger partial charge in [-0.15, -0.1) is 0 Å². The summed E-state index contributed by atoms with van der Waals surface area (Å²) in [6.07, 6.45) is -0.516. The molecule has 2 N–H and O–H groups in total. The van der Waals surface area contributed by atoms with Gasteiger partial charge in [0, 0.05) is 27.7 Å². The maximum absolute atomic E-state index is 13.1. The minimum atomic E-state index is -1.30. The number of benzene rings is 1. The second-order valence-electron chi connectivity index (χ2n) is 8.11. The van der Waals surface area contributed by atoms with Crippen molar-refractivity contribution >= 4 is 23.8 Å². The number of Topliss-reactive ketones (excluding diaryl/α,β-unsaturated/α-hetero) is 1. The van der Waals surface area contributed by atoms with Crippen molar-refractivity contribution in [3.63, 3.8) is 0 Å².